The molecule has 37 heavy (non-hydrogen) atoms. The average molecular weight is 512 g/mol. The number of nitriles is 1. The summed E-state index contributed by atoms with van der Waals surface area (Å²) >= 11 is 0. The number of hydrogen-bond acceptors (Lipinski definition) is 7. The van der Waals surface area contributed by atoms with Crippen LogP contribution in [0.15, 0.2) is 12.1 Å². The van der Waals surface area contributed by atoms with Crippen LogP contribution in [0, 0.1) is 11.3 Å². The molecule has 3 rings (SSSR count). The fourth-order valence-electron chi connectivity index (χ4n) is 4.58. The van der Waals surface area contributed by atoms with Gasteiger partial charge in [0.25, 0.3) is 0 Å². The van der Waals surface area contributed by atoms with Gasteiger partial charge in [-0.15, -0.1) is 0 Å². The third kappa shape index (κ3) is 6.13. The number of anilines is 1. The summed E-state index contributed by atoms with van der Waals surface area (Å²) in [5.41, 5.74) is -0.715. The van der Waals surface area contributed by atoms with Crippen LogP contribution in [0.1, 0.15) is 100 Å². The molecule has 0 N–H and O–H groups in total. The summed E-state index contributed by atoms with van der Waals surface area (Å²) < 4.78 is 23.7. The molecule has 1 aromatic rings. The molecule has 2 heterocycles. The molecule has 0 aromatic heterocycles. The number of nitrogens with zero attached hydrogens (tertiary/aromatic N) is 2. The van der Waals surface area contributed by atoms with Crippen molar-refractivity contribution in [3.8, 4) is 6.07 Å². The first-order valence-electron chi connectivity index (χ1n) is 12.8. The van der Waals surface area contributed by atoms with Gasteiger partial charge in [-0.25, -0.2) is 4.79 Å². The molecule has 8 nitrogen and oxygen atoms in total. The van der Waals surface area contributed by atoms with Gasteiger partial charge in [0.15, 0.2) is 0 Å². The van der Waals surface area contributed by atoms with E-state index in [0.717, 1.165) is 5.56 Å². The van der Waals surface area contributed by atoms with E-state index in [2.05, 4.69) is 6.07 Å². The molecule has 0 bridgehead atoms. The molecule has 0 unspecified atom stereocenters. The lowest BCUT2D eigenvalue weighted by Gasteiger charge is -2.32. The number of rotatable bonds is 4. The summed E-state index contributed by atoms with van der Waals surface area (Å²) in [4.78, 5) is 27.4. The predicted octanol–water partition coefficient (Wildman–Crippen LogP) is 4.99. The van der Waals surface area contributed by atoms with Crippen molar-refractivity contribution >= 4 is 30.3 Å². The first-order valence-corrected chi connectivity index (χ1v) is 12.8. The van der Waals surface area contributed by atoms with Crippen LogP contribution in [0.3, 0.4) is 0 Å². The van der Waals surface area contributed by atoms with Crippen LogP contribution in [0.25, 0.3) is 0 Å². The Hall–Kier alpha value is -2.57. The zero-order valence-electron chi connectivity index (χ0n) is 24.2. The minimum Gasteiger partial charge on any atom is -0.460 e. The number of ether oxygens (including phenoxy) is 2. The largest absolute Gasteiger partial charge is 0.494 e. The van der Waals surface area contributed by atoms with E-state index in [1.165, 1.54) is 4.90 Å². The molecule has 1 aromatic carbocycles. The van der Waals surface area contributed by atoms with Gasteiger partial charge in [-0.3, -0.25) is 9.69 Å². The van der Waals surface area contributed by atoms with E-state index < -0.39 is 41.0 Å². The maximum atomic E-state index is 13.3. The Morgan fingerprint density at radius 2 is 1.54 bits per heavy atom. The number of hydrogen-bond donors (Lipinski definition) is 0. The van der Waals surface area contributed by atoms with Gasteiger partial charge in [-0.2, -0.15) is 5.26 Å². The summed E-state index contributed by atoms with van der Waals surface area (Å²) in [7, 11) is -0.673. The molecule has 0 spiro atoms. The van der Waals surface area contributed by atoms with Crippen LogP contribution >= 0.6 is 0 Å². The summed E-state index contributed by atoms with van der Waals surface area (Å²) in [6, 6.07) is 5.92. The van der Waals surface area contributed by atoms with Crippen LogP contribution in [0.5, 0.6) is 0 Å². The number of benzene rings is 1. The maximum absolute atomic E-state index is 13.3. The Morgan fingerprint density at radius 3 is 2.03 bits per heavy atom. The van der Waals surface area contributed by atoms with Gasteiger partial charge in [-0.1, -0.05) is 13.0 Å². The van der Waals surface area contributed by atoms with Crippen LogP contribution < -0.4 is 10.4 Å². The Balaban J connectivity index is 2.06. The second-order valence-electron chi connectivity index (χ2n) is 13.4. The van der Waals surface area contributed by atoms with Gasteiger partial charge in [0, 0.05) is 18.4 Å². The van der Waals surface area contributed by atoms with Crippen molar-refractivity contribution in [1.82, 2.24) is 0 Å². The van der Waals surface area contributed by atoms with Crippen molar-refractivity contribution in [1.29, 1.82) is 5.26 Å². The predicted molar refractivity (Wildman–Crippen MR) is 143 cm³/mol. The highest BCUT2D eigenvalue weighted by atomic mass is 16.7. The number of esters is 1. The number of carbonyl (C=O) groups excluding carboxylic acids is 2. The van der Waals surface area contributed by atoms with E-state index in [-0.39, 0.29) is 18.9 Å². The molecule has 0 radical (unpaired) electrons. The smallest absolute Gasteiger partial charge is 0.460 e. The summed E-state index contributed by atoms with van der Waals surface area (Å²) in [5.74, 6) is -0.311. The van der Waals surface area contributed by atoms with Gasteiger partial charge in [0.05, 0.1) is 22.5 Å². The minimum atomic E-state index is -0.706. The zero-order chi connectivity index (χ0) is 28.2. The third-order valence-corrected chi connectivity index (χ3v) is 7.12. The van der Waals surface area contributed by atoms with E-state index in [1.54, 1.807) is 26.8 Å². The van der Waals surface area contributed by atoms with E-state index in [4.69, 9.17) is 18.8 Å². The Labute approximate surface area is 221 Å². The first kappa shape index (κ1) is 29.0. The number of carbonyl (C=O) groups is 2. The monoisotopic (exact) mass is 512 g/mol. The minimum absolute atomic E-state index is 0.165. The quantitative estimate of drug-likeness (QED) is 0.414. The molecule has 1 saturated heterocycles. The highest BCUT2D eigenvalue weighted by Gasteiger charge is 2.53. The Morgan fingerprint density at radius 1 is 1.00 bits per heavy atom. The standard InChI is InChI=1S/C28H41BN2O6/c1-24(2,3)34-21(32)12-13-28(11)17-31(23(33)35-25(4,5)6)22-18(16-30)14-19(15-20(22)28)29-36-26(7,8)27(9,10)37-29/h14-15H,12-13,17H2,1-11H3/t28-/m0/s1. The fourth-order valence-corrected chi connectivity index (χ4v) is 4.58. The molecule has 202 valence electrons. The third-order valence-electron chi connectivity index (χ3n) is 7.12. The van der Waals surface area contributed by atoms with E-state index >= 15 is 0 Å². The summed E-state index contributed by atoms with van der Waals surface area (Å²) in [5, 5.41) is 10.1. The van der Waals surface area contributed by atoms with Gasteiger partial charge in [0.2, 0.25) is 0 Å². The lowest BCUT2D eigenvalue weighted by Crippen LogP contribution is -2.41. The molecular weight excluding hydrogens is 471 g/mol. The van der Waals surface area contributed by atoms with Crippen molar-refractivity contribution in [3.63, 3.8) is 0 Å². The first-order chi connectivity index (χ1) is 16.7. The number of amides is 1. The highest BCUT2D eigenvalue weighted by molar-refractivity contribution is 6.62. The second kappa shape index (κ2) is 9.32. The lowest BCUT2D eigenvalue weighted by atomic mass is 9.73. The number of fused-ring (bicyclic) bond motifs is 1. The van der Waals surface area contributed by atoms with Crippen molar-refractivity contribution in [2.24, 2.45) is 0 Å². The highest BCUT2D eigenvalue weighted by Crippen LogP contribution is 2.46. The van der Waals surface area contributed by atoms with E-state index in [1.807, 2.05) is 61.5 Å². The Bertz CT molecular complexity index is 1110. The van der Waals surface area contributed by atoms with Crippen molar-refractivity contribution in [3.05, 3.63) is 23.3 Å². The van der Waals surface area contributed by atoms with Gasteiger partial charge in [0.1, 0.15) is 17.3 Å². The molecule has 9 heteroatoms. The summed E-state index contributed by atoms with van der Waals surface area (Å²) in [6.07, 6.45) is 0.0544. The van der Waals surface area contributed by atoms with Crippen LogP contribution in [0.2, 0.25) is 0 Å². The molecule has 1 fully saturated rings. The van der Waals surface area contributed by atoms with Gasteiger partial charge < -0.3 is 18.8 Å². The van der Waals surface area contributed by atoms with Crippen LogP contribution in [-0.4, -0.2) is 48.1 Å². The van der Waals surface area contributed by atoms with Crippen molar-refractivity contribution < 1.29 is 28.4 Å². The fraction of sp³-hybridized carbons (Fsp3) is 0.679. The SMILES string of the molecule is CC(C)(C)OC(=O)CC[C@@]1(C)CN(C(=O)OC(C)(C)C)c2c(C#N)cc(B3OC(C)(C)C(C)(C)O3)cc21. The van der Waals surface area contributed by atoms with E-state index in [9.17, 15) is 14.9 Å². The molecule has 1 amide bonds. The van der Waals surface area contributed by atoms with Crippen LogP contribution in [0.4, 0.5) is 10.5 Å². The Kier molecular flexibility index (Phi) is 7.30. The molecule has 2 aliphatic rings. The normalized spacial score (nSPS) is 22.4. The zero-order valence-corrected chi connectivity index (χ0v) is 24.2. The second-order valence-corrected chi connectivity index (χ2v) is 13.4. The molecule has 0 saturated carbocycles. The van der Waals surface area contributed by atoms with Crippen molar-refractivity contribution in [2.75, 3.05) is 11.4 Å². The molecule has 1 atom stereocenters. The lowest BCUT2D eigenvalue weighted by molar-refractivity contribution is -0.155. The van der Waals surface area contributed by atoms with Crippen molar-refractivity contribution in [2.45, 2.75) is 117 Å². The van der Waals surface area contributed by atoms with Crippen LogP contribution in [-0.2, 0) is 29.0 Å². The molecule has 0 aliphatic carbocycles. The van der Waals surface area contributed by atoms with E-state index in [0.29, 0.717) is 23.1 Å². The topological polar surface area (TPSA) is 98.1 Å². The van der Waals surface area contributed by atoms with Gasteiger partial charge in [-0.05, 0) is 92.8 Å². The summed E-state index contributed by atoms with van der Waals surface area (Å²) in [6.45, 7) is 21.1. The molecular formula is C28H41BN2O6. The van der Waals surface area contributed by atoms with Gasteiger partial charge >= 0.3 is 19.2 Å². The average Bonchev–Trinajstić information content (AvgIpc) is 3.13. The molecule has 2 aliphatic heterocycles. The maximum Gasteiger partial charge on any atom is 0.494 e.